The van der Waals surface area contributed by atoms with Gasteiger partial charge in [0.15, 0.2) is 0 Å². The third kappa shape index (κ3) is 24.8. The monoisotopic (exact) mass is 657 g/mol. The highest BCUT2D eigenvalue weighted by Gasteiger charge is 2.19. The van der Waals surface area contributed by atoms with Crippen LogP contribution in [0.2, 0.25) is 0 Å². The van der Waals surface area contributed by atoms with Crippen LogP contribution in [0.3, 0.4) is 0 Å². The number of nitrogens with one attached hydrogen (secondary N) is 1. The Morgan fingerprint density at radius 1 is 0.522 bits per heavy atom. The molecule has 0 saturated carbocycles. The van der Waals surface area contributed by atoms with E-state index in [2.05, 4.69) is 12.2 Å². The van der Waals surface area contributed by atoms with Gasteiger partial charge in [0.2, 0.25) is 0 Å². The van der Waals surface area contributed by atoms with E-state index < -0.39 is 9.85 Å². The van der Waals surface area contributed by atoms with E-state index in [0.29, 0.717) is 79.2 Å². The summed E-state index contributed by atoms with van der Waals surface area (Å²) in [6.07, 6.45) is 17.6. The summed E-state index contributed by atoms with van der Waals surface area (Å²) in [4.78, 5) is 20.6. The molecule has 0 saturated heterocycles. The average molecular weight is 658 g/mol. The summed E-state index contributed by atoms with van der Waals surface area (Å²) in [5.41, 5.74) is -0.491. The summed E-state index contributed by atoms with van der Waals surface area (Å²) in [7, 11) is 0. The van der Waals surface area contributed by atoms with Gasteiger partial charge in [-0.2, -0.15) is 0 Å². The van der Waals surface area contributed by atoms with Crippen LogP contribution in [0.1, 0.15) is 90.4 Å². The first-order valence-electron chi connectivity index (χ1n) is 17.2. The highest BCUT2D eigenvalue weighted by atomic mass is 16.6. The number of unbranched alkanes of at least 4 members (excludes halogenated alkanes) is 12. The van der Waals surface area contributed by atoms with Crippen molar-refractivity contribution in [3.05, 3.63) is 38.4 Å². The van der Waals surface area contributed by atoms with Crippen molar-refractivity contribution >= 4 is 17.1 Å². The van der Waals surface area contributed by atoms with Crippen molar-refractivity contribution < 1.29 is 38.3 Å². The number of benzene rings is 1. The molecule has 0 aromatic heterocycles. The maximum Gasteiger partial charge on any atom is 0.299 e. The van der Waals surface area contributed by atoms with Gasteiger partial charge in [-0.3, -0.25) is 20.2 Å². The van der Waals surface area contributed by atoms with Gasteiger partial charge < -0.3 is 33.7 Å². The quantitative estimate of drug-likeness (QED) is 0.0451. The summed E-state index contributed by atoms with van der Waals surface area (Å²) in [5.74, 6) is 0. The van der Waals surface area contributed by atoms with E-state index in [4.69, 9.17) is 28.4 Å². The van der Waals surface area contributed by atoms with Crippen LogP contribution in [0.5, 0.6) is 0 Å². The lowest BCUT2D eigenvalue weighted by atomic mass is 10.0. The fraction of sp³-hybridized carbons (Fsp3) is 0.818. The van der Waals surface area contributed by atoms with Gasteiger partial charge in [-0.25, -0.2) is 0 Å². The molecule has 0 radical (unpaired) electrons. The Morgan fingerprint density at radius 3 is 1.33 bits per heavy atom. The number of ether oxygens (including phenoxy) is 6. The fourth-order valence-corrected chi connectivity index (χ4v) is 4.62. The van der Waals surface area contributed by atoms with Gasteiger partial charge in [-0.05, 0) is 12.5 Å². The summed E-state index contributed by atoms with van der Waals surface area (Å²) in [6.45, 7) is 8.51. The minimum Gasteiger partial charge on any atom is -0.379 e. The molecule has 1 rings (SSSR count). The van der Waals surface area contributed by atoms with Gasteiger partial charge in [0.25, 0.3) is 11.4 Å². The molecule has 13 nitrogen and oxygen atoms in total. The first-order valence-corrected chi connectivity index (χ1v) is 17.2. The third-order valence-corrected chi connectivity index (χ3v) is 7.20. The molecule has 266 valence electrons. The molecule has 46 heavy (non-hydrogen) atoms. The fourth-order valence-electron chi connectivity index (χ4n) is 4.62. The number of anilines is 1. The van der Waals surface area contributed by atoms with E-state index in [0.717, 1.165) is 19.1 Å². The average Bonchev–Trinajstić information content (AvgIpc) is 3.05. The van der Waals surface area contributed by atoms with Crippen LogP contribution < -0.4 is 5.32 Å². The van der Waals surface area contributed by atoms with Crippen molar-refractivity contribution in [1.29, 1.82) is 0 Å². The normalized spacial score (nSPS) is 11.2. The highest BCUT2D eigenvalue weighted by molar-refractivity contribution is 5.65. The molecule has 0 unspecified atom stereocenters. The molecule has 0 amide bonds. The van der Waals surface area contributed by atoms with Crippen molar-refractivity contribution in [1.82, 2.24) is 0 Å². The van der Waals surface area contributed by atoms with Crippen molar-refractivity contribution in [2.24, 2.45) is 0 Å². The Kier molecular flexibility index (Phi) is 28.2. The molecule has 0 aliphatic rings. The second-order valence-corrected chi connectivity index (χ2v) is 11.1. The second kappa shape index (κ2) is 31.2. The summed E-state index contributed by atoms with van der Waals surface area (Å²) < 4.78 is 33.0. The molecule has 1 aromatic rings. The predicted molar refractivity (Wildman–Crippen MR) is 179 cm³/mol. The first-order chi connectivity index (χ1) is 22.6. The topological polar surface area (TPSA) is 154 Å². The predicted octanol–water partition coefficient (Wildman–Crippen LogP) is 7.11. The van der Waals surface area contributed by atoms with Crippen LogP contribution >= 0.6 is 0 Å². The van der Waals surface area contributed by atoms with Crippen LogP contribution in [0.15, 0.2) is 18.2 Å². The zero-order valence-electron chi connectivity index (χ0n) is 28.1. The largest absolute Gasteiger partial charge is 0.379 e. The highest BCUT2D eigenvalue weighted by Crippen LogP contribution is 2.28. The molecule has 0 aliphatic carbocycles. The van der Waals surface area contributed by atoms with E-state index in [1.54, 1.807) is 0 Å². The van der Waals surface area contributed by atoms with Gasteiger partial charge >= 0.3 is 0 Å². The van der Waals surface area contributed by atoms with Gasteiger partial charge in [-0.1, -0.05) is 84.0 Å². The van der Waals surface area contributed by atoms with E-state index >= 15 is 0 Å². The van der Waals surface area contributed by atoms with E-state index in [1.807, 2.05) is 0 Å². The summed E-state index contributed by atoms with van der Waals surface area (Å²) >= 11 is 0. The van der Waals surface area contributed by atoms with Crippen LogP contribution in [0, 0.1) is 20.2 Å². The Hall–Kier alpha value is -2.42. The Morgan fingerprint density at radius 2 is 0.913 bits per heavy atom. The first kappa shape index (κ1) is 41.6. The Labute approximate surface area is 275 Å². The van der Waals surface area contributed by atoms with Gasteiger partial charge in [-0.15, -0.1) is 0 Å². The minimum absolute atomic E-state index is 0.198. The van der Waals surface area contributed by atoms with Crippen LogP contribution in [-0.2, 0) is 28.4 Å². The Bertz CT molecular complexity index is 878. The molecule has 0 bridgehead atoms. The smallest absolute Gasteiger partial charge is 0.299 e. The lowest BCUT2D eigenvalue weighted by Gasteiger charge is -2.09. The molecule has 13 heteroatoms. The zero-order chi connectivity index (χ0) is 33.3. The number of non-ortho nitro benzene ring substituents is 1. The zero-order valence-corrected chi connectivity index (χ0v) is 28.1. The van der Waals surface area contributed by atoms with Crippen molar-refractivity contribution in [2.45, 2.75) is 90.4 Å². The molecular weight excluding hydrogens is 598 g/mol. The maximum atomic E-state index is 11.1. The minimum atomic E-state index is -0.672. The second-order valence-electron chi connectivity index (χ2n) is 11.1. The summed E-state index contributed by atoms with van der Waals surface area (Å²) in [5, 5.41) is 24.8. The van der Waals surface area contributed by atoms with Crippen LogP contribution in [-0.4, -0.2) is 95.7 Å². The molecular formula is C33H59N3O10. The van der Waals surface area contributed by atoms with E-state index in [-0.39, 0.29) is 17.1 Å². The van der Waals surface area contributed by atoms with E-state index in [1.165, 1.54) is 89.2 Å². The number of rotatable bonds is 35. The van der Waals surface area contributed by atoms with Crippen molar-refractivity contribution in [2.75, 3.05) is 91.1 Å². The standard InChI is InChI=1S/C33H59N3O10/c1-2-3-4-5-6-7-8-9-10-11-12-13-14-18-41-20-22-43-24-26-45-28-29-46-27-25-44-23-21-42-19-17-34-32-16-15-31(35(37)38)30-33(32)36(39)40/h15-16,30,34H,2-14,17-29H2,1H3. The molecule has 0 aliphatic heterocycles. The lowest BCUT2D eigenvalue weighted by Crippen LogP contribution is -2.15. The van der Waals surface area contributed by atoms with Crippen molar-refractivity contribution in [3.8, 4) is 0 Å². The van der Waals surface area contributed by atoms with E-state index in [9.17, 15) is 20.2 Å². The molecule has 1 aromatic carbocycles. The van der Waals surface area contributed by atoms with Crippen LogP contribution in [0.25, 0.3) is 0 Å². The van der Waals surface area contributed by atoms with Gasteiger partial charge in [0, 0.05) is 19.2 Å². The van der Waals surface area contributed by atoms with Gasteiger partial charge in [0.05, 0.1) is 88.6 Å². The van der Waals surface area contributed by atoms with Crippen molar-refractivity contribution in [3.63, 3.8) is 0 Å². The number of hydrogen-bond donors (Lipinski definition) is 1. The molecule has 0 heterocycles. The maximum absolute atomic E-state index is 11.1. The lowest BCUT2D eigenvalue weighted by molar-refractivity contribution is -0.393. The molecule has 0 spiro atoms. The number of hydrogen-bond acceptors (Lipinski definition) is 11. The molecule has 0 atom stereocenters. The molecule has 1 N–H and O–H groups in total. The van der Waals surface area contributed by atoms with Crippen LogP contribution in [0.4, 0.5) is 17.1 Å². The Balaban J connectivity index is 1.74. The number of nitro benzene ring substituents is 2. The number of nitrogens with zero attached hydrogens (tertiary/aromatic N) is 2. The summed E-state index contributed by atoms with van der Waals surface area (Å²) in [6, 6.07) is 3.46. The van der Waals surface area contributed by atoms with Gasteiger partial charge in [0.1, 0.15) is 5.69 Å². The number of nitro groups is 2. The third-order valence-electron chi connectivity index (χ3n) is 7.20. The molecule has 0 fully saturated rings. The SMILES string of the molecule is CCCCCCCCCCCCCCCOCCOCCOCCOCCOCCOCCNc1ccc([N+](=O)[O-])cc1[N+](=O)[O-].